The summed E-state index contributed by atoms with van der Waals surface area (Å²) in [7, 11) is 0. The van der Waals surface area contributed by atoms with Crippen molar-refractivity contribution in [3.8, 4) is 0 Å². The Balaban J connectivity index is 2.90. The Labute approximate surface area is 104 Å². The zero-order valence-corrected chi connectivity index (χ0v) is 11.6. The van der Waals surface area contributed by atoms with E-state index in [-0.39, 0.29) is 0 Å². The van der Waals surface area contributed by atoms with E-state index in [1.165, 1.54) is 69.8 Å². The molecule has 95 valence electrons. The van der Waals surface area contributed by atoms with Crippen molar-refractivity contribution in [2.75, 3.05) is 0 Å². The molecule has 0 rings (SSSR count). The normalized spacial score (nSPS) is 10.6. The van der Waals surface area contributed by atoms with E-state index in [9.17, 15) is 0 Å². The first-order valence-electron chi connectivity index (χ1n) is 7.23. The summed E-state index contributed by atoms with van der Waals surface area (Å²) in [5, 5.41) is 0. The third-order valence-electron chi connectivity index (χ3n) is 3.00. The molecular formula is C16H31. The van der Waals surface area contributed by atoms with Gasteiger partial charge < -0.3 is 0 Å². The van der Waals surface area contributed by atoms with E-state index in [0.717, 1.165) is 6.42 Å². The molecule has 0 aliphatic carbocycles. The lowest BCUT2D eigenvalue weighted by Crippen LogP contribution is -1.83. The van der Waals surface area contributed by atoms with E-state index < -0.39 is 0 Å². The van der Waals surface area contributed by atoms with Gasteiger partial charge in [-0.15, -0.1) is 6.58 Å². The predicted octanol–water partition coefficient (Wildman–Crippen LogP) is 6.08. The van der Waals surface area contributed by atoms with Crippen molar-refractivity contribution >= 4 is 0 Å². The summed E-state index contributed by atoms with van der Waals surface area (Å²) in [6.07, 6.45) is 17.6. The van der Waals surface area contributed by atoms with Crippen LogP contribution in [-0.2, 0) is 0 Å². The van der Waals surface area contributed by atoms with Crippen molar-refractivity contribution in [3.05, 3.63) is 18.6 Å². The maximum absolute atomic E-state index is 3.91. The fourth-order valence-electron chi connectivity index (χ4n) is 1.95. The molecule has 0 aromatic carbocycles. The monoisotopic (exact) mass is 223 g/mol. The predicted molar refractivity (Wildman–Crippen MR) is 75.6 cm³/mol. The third-order valence-corrected chi connectivity index (χ3v) is 3.00. The summed E-state index contributed by atoms with van der Waals surface area (Å²) >= 11 is 0. The van der Waals surface area contributed by atoms with Crippen LogP contribution in [0.25, 0.3) is 0 Å². The lowest BCUT2D eigenvalue weighted by Gasteiger charge is -2.02. The highest BCUT2D eigenvalue weighted by Gasteiger charge is 1.93. The standard InChI is InChI=1S/C16H31/c1-4-5-6-7-8-9-10-11-12-13-14-15-16(2)3/h14H,2,4-13,15H2,1,3H3. The number of allylic oxidation sites excluding steroid dienone is 1. The van der Waals surface area contributed by atoms with Gasteiger partial charge in [-0.3, -0.25) is 0 Å². The molecule has 0 bridgehead atoms. The molecule has 0 aromatic heterocycles. The smallest absolute Gasteiger partial charge is 0.0295 e. The van der Waals surface area contributed by atoms with Gasteiger partial charge in [0.1, 0.15) is 0 Å². The SMILES string of the molecule is C=C(C)C[CH]CCCCCCCCCCC. The summed E-state index contributed by atoms with van der Waals surface area (Å²) in [5.41, 5.74) is 1.29. The highest BCUT2D eigenvalue weighted by atomic mass is 14.0. The Kier molecular flexibility index (Phi) is 12.6. The molecule has 0 saturated carbocycles. The molecule has 0 atom stereocenters. The van der Waals surface area contributed by atoms with Crippen LogP contribution >= 0.6 is 0 Å². The van der Waals surface area contributed by atoms with E-state index in [2.05, 4.69) is 26.8 Å². The molecular weight excluding hydrogens is 192 g/mol. The van der Waals surface area contributed by atoms with E-state index in [0.29, 0.717) is 0 Å². The topological polar surface area (TPSA) is 0 Å². The Morgan fingerprint density at radius 2 is 1.38 bits per heavy atom. The van der Waals surface area contributed by atoms with E-state index in [4.69, 9.17) is 0 Å². The van der Waals surface area contributed by atoms with Gasteiger partial charge in [0, 0.05) is 0 Å². The van der Waals surface area contributed by atoms with Crippen molar-refractivity contribution in [1.82, 2.24) is 0 Å². The molecule has 0 aliphatic heterocycles. The maximum Gasteiger partial charge on any atom is -0.0295 e. The third kappa shape index (κ3) is 13.7. The van der Waals surface area contributed by atoms with Gasteiger partial charge in [0.05, 0.1) is 0 Å². The first kappa shape index (κ1) is 15.7. The van der Waals surface area contributed by atoms with Crippen LogP contribution in [0.4, 0.5) is 0 Å². The van der Waals surface area contributed by atoms with Crippen LogP contribution < -0.4 is 0 Å². The molecule has 0 heteroatoms. The van der Waals surface area contributed by atoms with Crippen LogP contribution in [-0.4, -0.2) is 0 Å². The molecule has 1 radical (unpaired) electrons. The minimum Gasteiger partial charge on any atom is -0.100 e. The first-order valence-corrected chi connectivity index (χ1v) is 7.23. The average molecular weight is 223 g/mol. The molecule has 16 heavy (non-hydrogen) atoms. The van der Waals surface area contributed by atoms with Crippen molar-refractivity contribution in [3.63, 3.8) is 0 Å². The van der Waals surface area contributed by atoms with Crippen molar-refractivity contribution in [2.24, 2.45) is 0 Å². The molecule has 0 heterocycles. The van der Waals surface area contributed by atoms with Gasteiger partial charge in [-0.1, -0.05) is 70.3 Å². The van der Waals surface area contributed by atoms with Crippen LogP contribution in [0.5, 0.6) is 0 Å². The summed E-state index contributed by atoms with van der Waals surface area (Å²) < 4.78 is 0. The van der Waals surface area contributed by atoms with Gasteiger partial charge in [0.15, 0.2) is 0 Å². The van der Waals surface area contributed by atoms with Crippen LogP contribution in [0, 0.1) is 6.42 Å². The minimum absolute atomic E-state index is 1.11. The summed E-state index contributed by atoms with van der Waals surface area (Å²) in [5.74, 6) is 0. The summed E-state index contributed by atoms with van der Waals surface area (Å²) in [6.45, 7) is 8.29. The lowest BCUT2D eigenvalue weighted by molar-refractivity contribution is 0.563. The molecule has 0 aliphatic rings. The van der Waals surface area contributed by atoms with Gasteiger partial charge in [0.2, 0.25) is 0 Å². The molecule has 0 amide bonds. The zero-order chi connectivity index (χ0) is 12.1. The second kappa shape index (κ2) is 12.8. The van der Waals surface area contributed by atoms with E-state index in [1.54, 1.807) is 0 Å². The largest absolute Gasteiger partial charge is 0.100 e. The lowest BCUT2D eigenvalue weighted by atomic mass is 10.0. The number of hydrogen-bond donors (Lipinski definition) is 0. The number of unbranched alkanes of at least 4 members (excludes halogenated alkanes) is 10. The fourth-order valence-corrected chi connectivity index (χ4v) is 1.95. The van der Waals surface area contributed by atoms with E-state index in [1.807, 2.05) is 0 Å². The average Bonchev–Trinajstić information content (AvgIpc) is 2.25. The molecule has 0 spiro atoms. The summed E-state index contributed by atoms with van der Waals surface area (Å²) in [6, 6.07) is 0. The van der Waals surface area contributed by atoms with Crippen LogP contribution in [0.3, 0.4) is 0 Å². The second-order valence-corrected chi connectivity index (χ2v) is 5.07. The Morgan fingerprint density at radius 1 is 0.875 bits per heavy atom. The highest BCUT2D eigenvalue weighted by molar-refractivity contribution is 4.93. The second-order valence-electron chi connectivity index (χ2n) is 5.07. The molecule has 0 unspecified atom stereocenters. The number of rotatable bonds is 12. The van der Waals surface area contributed by atoms with Crippen LogP contribution in [0.15, 0.2) is 12.2 Å². The summed E-state index contributed by atoms with van der Waals surface area (Å²) in [4.78, 5) is 0. The van der Waals surface area contributed by atoms with Crippen LogP contribution in [0.1, 0.15) is 84.5 Å². The van der Waals surface area contributed by atoms with Crippen molar-refractivity contribution in [1.29, 1.82) is 0 Å². The molecule has 0 aromatic rings. The Bertz CT molecular complexity index is 146. The highest BCUT2D eigenvalue weighted by Crippen LogP contribution is 2.12. The van der Waals surface area contributed by atoms with Gasteiger partial charge in [-0.2, -0.15) is 0 Å². The molecule has 0 N–H and O–H groups in total. The number of hydrogen-bond acceptors (Lipinski definition) is 0. The van der Waals surface area contributed by atoms with Gasteiger partial charge in [-0.25, -0.2) is 0 Å². The van der Waals surface area contributed by atoms with Crippen molar-refractivity contribution < 1.29 is 0 Å². The maximum atomic E-state index is 3.91. The van der Waals surface area contributed by atoms with Crippen molar-refractivity contribution in [2.45, 2.75) is 84.5 Å². The van der Waals surface area contributed by atoms with Gasteiger partial charge in [0.25, 0.3) is 0 Å². The van der Waals surface area contributed by atoms with Crippen LogP contribution in [0.2, 0.25) is 0 Å². The van der Waals surface area contributed by atoms with Gasteiger partial charge >= 0.3 is 0 Å². The minimum atomic E-state index is 1.11. The molecule has 0 nitrogen and oxygen atoms in total. The Morgan fingerprint density at radius 3 is 1.88 bits per heavy atom. The Hall–Kier alpha value is -0.260. The quantitative estimate of drug-likeness (QED) is 0.278. The first-order chi connectivity index (χ1) is 7.77. The van der Waals surface area contributed by atoms with Gasteiger partial charge in [-0.05, 0) is 26.2 Å². The zero-order valence-electron chi connectivity index (χ0n) is 11.6. The molecule has 0 saturated heterocycles. The molecule has 0 fully saturated rings. The van der Waals surface area contributed by atoms with E-state index >= 15 is 0 Å². The fraction of sp³-hybridized carbons (Fsp3) is 0.812.